The van der Waals surface area contributed by atoms with E-state index in [0.29, 0.717) is 24.4 Å². The summed E-state index contributed by atoms with van der Waals surface area (Å²) in [7, 11) is 0. The monoisotopic (exact) mass is 286 g/mol. The largest absolute Gasteiger partial charge is 0.381 e. The standard InChI is InChI=1S/C13H19ClN2O3/c1-2-3-10-11(14)15-13(18)16(12(10)17)6-4-9-5-7-19-8-9/h9H,2-8H2,1H3,(H,15,18). The summed E-state index contributed by atoms with van der Waals surface area (Å²) in [4.78, 5) is 26.6. The zero-order valence-electron chi connectivity index (χ0n) is 11.1. The molecular weight excluding hydrogens is 268 g/mol. The molecule has 6 heteroatoms. The third-order valence-corrected chi connectivity index (χ3v) is 3.84. The van der Waals surface area contributed by atoms with Gasteiger partial charge >= 0.3 is 5.69 Å². The van der Waals surface area contributed by atoms with Crippen LogP contribution < -0.4 is 11.2 Å². The Kier molecular flexibility index (Phi) is 4.82. The smallest absolute Gasteiger partial charge is 0.329 e. The Bertz CT molecular complexity index is 544. The second-order valence-corrected chi connectivity index (χ2v) is 5.33. The number of aromatic amines is 1. The van der Waals surface area contributed by atoms with Crippen LogP contribution >= 0.6 is 11.6 Å². The van der Waals surface area contributed by atoms with Crippen LogP contribution in [0.15, 0.2) is 9.59 Å². The van der Waals surface area contributed by atoms with Crippen molar-refractivity contribution < 1.29 is 4.74 Å². The van der Waals surface area contributed by atoms with Crippen molar-refractivity contribution in [2.24, 2.45) is 5.92 Å². The number of ether oxygens (including phenoxy) is 1. The molecule has 1 fully saturated rings. The molecule has 0 amide bonds. The fourth-order valence-corrected chi connectivity index (χ4v) is 2.63. The Morgan fingerprint density at radius 3 is 2.89 bits per heavy atom. The predicted octanol–water partition coefficient (Wildman–Crippen LogP) is 1.57. The van der Waals surface area contributed by atoms with Gasteiger partial charge in [-0.3, -0.25) is 14.3 Å². The summed E-state index contributed by atoms with van der Waals surface area (Å²) in [6.45, 7) is 3.90. The van der Waals surface area contributed by atoms with E-state index < -0.39 is 5.69 Å². The molecular formula is C13H19ClN2O3. The highest BCUT2D eigenvalue weighted by Gasteiger charge is 2.17. The summed E-state index contributed by atoms with van der Waals surface area (Å²) in [5.74, 6) is 0.441. The number of hydrogen-bond acceptors (Lipinski definition) is 3. The number of rotatable bonds is 5. The Hall–Kier alpha value is -1.07. The fourth-order valence-electron chi connectivity index (χ4n) is 2.38. The number of aromatic nitrogens is 2. The minimum absolute atomic E-state index is 0.178. The summed E-state index contributed by atoms with van der Waals surface area (Å²) in [5, 5.41) is 0.178. The maximum atomic E-state index is 12.2. The lowest BCUT2D eigenvalue weighted by molar-refractivity contribution is 0.183. The lowest BCUT2D eigenvalue weighted by Crippen LogP contribution is -2.38. The molecule has 2 heterocycles. The number of nitrogens with zero attached hydrogens (tertiary/aromatic N) is 1. The van der Waals surface area contributed by atoms with Gasteiger partial charge in [0.05, 0.1) is 5.56 Å². The first-order valence-corrected chi connectivity index (χ1v) is 7.10. The molecule has 0 bridgehead atoms. The van der Waals surface area contributed by atoms with Crippen LogP contribution in [0.4, 0.5) is 0 Å². The number of nitrogens with one attached hydrogen (secondary N) is 1. The van der Waals surface area contributed by atoms with E-state index >= 15 is 0 Å². The first-order valence-electron chi connectivity index (χ1n) is 6.72. The van der Waals surface area contributed by atoms with E-state index in [0.717, 1.165) is 32.5 Å². The summed E-state index contributed by atoms with van der Waals surface area (Å²) in [6, 6.07) is 0. The van der Waals surface area contributed by atoms with Crippen LogP contribution in [0.5, 0.6) is 0 Å². The molecule has 1 aliphatic heterocycles. The summed E-state index contributed by atoms with van der Waals surface area (Å²) >= 11 is 5.92. The zero-order valence-corrected chi connectivity index (χ0v) is 11.8. The topological polar surface area (TPSA) is 64.1 Å². The van der Waals surface area contributed by atoms with Gasteiger partial charge in [-0.05, 0) is 25.2 Å². The van der Waals surface area contributed by atoms with Crippen LogP contribution in [-0.2, 0) is 17.7 Å². The van der Waals surface area contributed by atoms with Crippen molar-refractivity contribution in [3.8, 4) is 0 Å². The maximum Gasteiger partial charge on any atom is 0.329 e. The van der Waals surface area contributed by atoms with Gasteiger partial charge in [-0.2, -0.15) is 0 Å². The Labute approximate surface area is 116 Å². The fraction of sp³-hybridized carbons (Fsp3) is 0.692. The van der Waals surface area contributed by atoms with E-state index in [9.17, 15) is 9.59 Å². The van der Waals surface area contributed by atoms with Crippen molar-refractivity contribution in [3.05, 3.63) is 31.6 Å². The van der Waals surface area contributed by atoms with Crippen molar-refractivity contribution in [3.63, 3.8) is 0 Å². The van der Waals surface area contributed by atoms with Crippen LogP contribution in [0, 0.1) is 5.92 Å². The summed E-state index contributed by atoms with van der Waals surface area (Å²) < 4.78 is 6.55. The summed E-state index contributed by atoms with van der Waals surface area (Å²) in [5.41, 5.74) is -0.172. The van der Waals surface area contributed by atoms with Gasteiger partial charge in [0.2, 0.25) is 0 Å². The molecule has 0 spiro atoms. The molecule has 2 rings (SSSR count). The highest BCUT2D eigenvalue weighted by molar-refractivity contribution is 6.30. The van der Waals surface area contributed by atoms with Crippen LogP contribution in [0.1, 0.15) is 31.7 Å². The van der Waals surface area contributed by atoms with Crippen molar-refractivity contribution >= 4 is 11.6 Å². The molecule has 5 nitrogen and oxygen atoms in total. The van der Waals surface area contributed by atoms with Crippen LogP contribution in [0.2, 0.25) is 5.15 Å². The molecule has 1 aromatic heterocycles. The van der Waals surface area contributed by atoms with Gasteiger partial charge in [0.15, 0.2) is 0 Å². The molecule has 1 unspecified atom stereocenters. The van der Waals surface area contributed by atoms with Crippen molar-refractivity contribution in [2.75, 3.05) is 13.2 Å². The number of halogens is 1. The lowest BCUT2D eigenvalue weighted by atomic mass is 10.1. The average molecular weight is 287 g/mol. The van der Waals surface area contributed by atoms with Gasteiger partial charge in [0.25, 0.3) is 5.56 Å². The van der Waals surface area contributed by atoms with Gasteiger partial charge in [0.1, 0.15) is 5.15 Å². The predicted molar refractivity (Wildman–Crippen MR) is 73.9 cm³/mol. The normalized spacial score (nSPS) is 18.9. The van der Waals surface area contributed by atoms with Gasteiger partial charge in [0, 0.05) is 19.8 Å². The third-order valence-electron chi connectivity index (χ3n) is 3.52. The van der Waals surface area contributed by atoms with Crippen molar-refractivity contribution in [1.82, 2.24) is 9.55 Å². The van der Waals surface area contributed by atoms with Gasteiger partial charge in [-0.25, -0.2) is 4.79 Å². The van der Waals surface area contributed by atoms with Crippen molar-refractivity contribution in [1.29, 1.82) is 0 Å². The second-order valence-electron chi connectivity index (χ2n) is 4.95. The van der Waals surface area contributed by atoms with E-state index in [1.165, 1.54) is 4.57 Å². The number of hydrogen-bond donors (Lipinski definition) is 1. The molecule has 19 heavy (non-hydrogen) atoms. The molecule has 1 atom stereocenters. The first kappa shape index (κ1) is 14.3. The number of H-pyrrole nitrogens is 1. The molecule has 0 aromatic carbocycles. The maximum absolute atomic E-state index is 12.2. The minimum Gasteiger partial charge on any atom is -0.381 e. The summed E-state index contributed by atoms with van der Waals surface area (Å²) in [6.07, 6.45) is 3.19. The van der Waals surface area contributed by atoms with E-state index in [1.807, 2.05) is 6.92 Å². The van der Waals surface area contributed by atoms with Crippen LogP contribution in [0.25, 0.3) is 0 Å². The van der Waals surface area contributed by atoms with E-state index in [2.05, 4.69) is 4.98 Å². The molecule has 0 saturated carbocycles. The molecule has 1 aromatic rings. The molecule has 106 valence electrons. The SMILES string of the molecule is CCCc1c(Cl)[nH]c(=O)n(CCC2CCOC2)c1=O. The van der Waals surface area contributed by atoms with Gasteiger partial charge < -0.3 is 4.74 Å². The van der Waals surface area contributed by atoms with E-state index in [1.54, 1.807) is 0 Å². The van der Waals surface area contributed by atoms with Crippen LogP contribution in [0.3, 0.4) is 0 Å². The van der Waals surface area contributed by atoms with Gasteiger partial charge in [-0.1, -0.05) is 24.9 Å². The first-order chi connectivity index (χ1) is 9.13. The molecule has 1 N–H and O–H groups in total. The lowest BCUT2D eigenvalue weighted by Gasteiger charge is -2.10. The molecule has 1 aliphatic rings. The molecule has 0 aliphatic carbocycles. The Morgan fingerprint density at radius 1 is 1.47 bits per heavy atom. The zero-order chi connectivity index (χ0) is 13.8. The minimum atomic E-state index is -0.422. The van der Waals surface area contributed by atoms with Gasteiger partial charge in [-0.15, -0.1) is 0 Å². The third kappa shape index (κ3) is 3.28. The average Bonchev–Trinajstić information content (AvgIpc) is 2.87. The second kappa shape index (κ2) is 6.39. The molecule has 1 saturated heterocycles. The van der Waals surface area contributed by atoms with E-state index in [-0.39, 0.29) is 10.7 Å². The van der Waals surface area contributed by atoms with E-state index in [4.69, 9.17) is 16.3 Å². The highest BCUT2D eigenvalue weighted by Crippen LogP contribution is 2.16. The van der Waals surface area contributed by atoms with Crippen molar-refractivity contribution in [2.45, 2.75) is 39.2 Å². The quantitative estimate of drug-likeness (QED) is 0.836. The Balaban J connectivity index is 2.21. The highest BCUT2D eigenvalue weighted by atomic mass is 35.5. The van der Waals surface area contributed by atoms with Crippen LogP contribution in [-0.4, -0.2) is 22.8 Å². The molecule has 0 radical (unpaired) electrons. The Morgan fingerprint density at radius 2 is 2.26 bits per heavy atom.